The van der Waals surface area contributed by atoms with Crippen LogP contribution in [0.25, 0.3) is 0 Å². The van der Waals surface area contributed by atoms with Gasteiger partial charge in [-0.2, -0.15) is 0 Å². The Bertz CT molecular complexity index is 737. The molecule has 3 unspecified atom stereocenters. The van der Waals surface area contributed by atoms with Gasteiger partial charge in [-0.3, -0.25) is 9.59 Å². The molecule has 2 amide bonds. The van der Waals surface area contributed by atoms with E-state index < -0.39 is 24.2 Å². The molecule has 2 aromatic rings. The van der Waals surface area contributed by atoms with Gasteiger partial charge in [-0.05, 0) is 19.1 Å². The summed E-state index contributed by atoms with van der Waals surface area (Å²) in [5.41, 5.74) is 0.685. The molecule has 1 heterocycles. The molecule has 0 fully saturated rings. The summed E-state index contributed by atoms with van der Waals surface area (Å²) in [6.45, 7) is 1.41. The monoisotopic (exact) mass is 378 g/mol. The summed E-state index contributed by atoms with van der Waals surface area (Å²) in [6.07, 6.45) is -2.49. The summed E-state index contributed by atoms with van der Waals surface area (Å²) >= 11 is 1.29. The summed E-state index contributed by atoms with van der Waals surface area (Å²) in [5.74, 6) is -0.801. The zero-order valence-electron chi connectivity index (χ0n) is 14.5. The third kappa shape index (κ3) is 5.25. The molecule has 1 aromatic heterocycles. The molecule has 2 rings (SSSR count). The molecule has 8 nitrogen and oxygen atoms in total. The molecule has 0 aliphatic heterocycles. The second-order valence-electron chi connectivity index (χ2n) is 5.68. The van der Waals surface area contributed by atoms with Gasteiger partial charge in [-0.25, -0.2) is 4.98 Å². The van der Waals surface area contributed by atoms with Crippen LogP contribution in [0.5, 0.6) is 0 Å². The Morgan fingerprint density at radius 1 is 1.19 bits per heavy atom. The molecular weight excluding hydrogens is 356 g/mol. The van der Waals surface area contributed by atoms with Gasteiger partial charge in [0.1, 0.15) is 11.8 Å². The van der Waals surface area contributed by atoms with Crippen molar-refractivity contribution < 1.29 is 19.8 Å². The number of carbonyl (C=O) groups excluding carboxylic acids is 2. The molecule has 140 valence electrons. The van der Waals surface area contributed by atoms with Crippen LogP contribution >= 0.6 is 11.3 Å². The third-order valence-corrected chi connectivity index (χ3v) is 4.58. The van der Waals surface area contributed by atoms with Gasteiger partial charge in [0.05, 0.1) is 12.1 Å². The molecule has 5 N–H and O–H groups in total. The largest absolute Gasteiger partial charge is 0.388 e. The van der Waals surface area contributed by atoms with E-state index in [0.29, 0.717) is 10.7 Å². The van der Waals surface area contributed by atoms with E-state index in [1.807, 2.05) is 0 Å². The van der Waals surface area contributed by atoms with Crippen LogP contribution in [-0.4, -0.2) is 58.9 Å². The SMILES string of the molecule is CNc1nc(C(=O)NCC(O)C(O)C(C)NC(=O)c2ccccc2)cs1. The molecule has 0 bridgehead atoms. The van der Waals surface area contributed by atoms with E-state index in [9.17, 15) is 19.8 Å². The van der Waals surface area contributed by atoms with Gasteiger partial charge in [0.2, 0.25) is 0 Å². The number of anilines is 1. The zero-order chi connectivity index (χ0) is 19.1. The van der Waals surface area contributed by atoms with Gasteiger partial charge in [-0.1, -0.05) is 18.2 Å². The van der Waals surface area contributed by atoms with Crippen molar-refractivity contribution in [1.29, 1.82) is 0 Å². The quantitative estimate of drug-likeness (QED) is 0.455. The van der Waals surface area contributed by atoms with Gasteiger partial charge >= 0.3 is 0 Å². The van der Waals surface area contributed by atoms with Gasteiger partial charge in [0, 0.05) is 24.5 Å². The van der Waals surface area contributed by atoms with Gasteiger partial charge < -0.3 is 26.2 Å². The first-order valence-corrected chi connectivity index (χ1v) is 8.94. The summed E-state index contributed by atoms with van der Waals surface area (Å²) < 4.78 is 0. The zero-order valence-corrected chi connectivity index (χ0v) is 15.3. The van der Waals surface area contributed by atoms with Crippen LogP contribution in [0.15, 0.2) is 35.7 Å². The molecule has 0 saturated heterocycles. The van der Waals surface area contributed by atoms with Crippen molar-refractivity contribution in [2.45, 2.75) is 25.2 Å². The first-order valence-electron chi connectivity index (χ1n) is 8.06. The Labute approximate surface area is 155 Å². The van der Waals surface area contributed by atoms with Crippen LogP contribution in [-0.2, 0) is 0 Å². The number of benzene rings is 1. The van der Waals surface area contributed by atoms with Crippen LogP contribution in [0.2, 0.25) is 0 Å². The number of thiazole rings is 1. The average molecular weight is 378 g/mol. The van der Waals surface area contributed by atoms with E-state index in [2.05, 4.69) is 20.9 Å². The number of aromatic nitrogens is 1. The number of aliphatic hydroxyl groups excluding tert-OH is 2. The molecule has 0 aliphatic rings. The highest BCUT2D eigenvalue weighted by Crippen LogP contribution is 2.14. The van der Waals surface area contributed by atoms with Gasteiger partial charge in [0.25, 0.3) is 11.8 Å². The van der Waals surface area contributed by atoms with E-state index in [1.54, 1.807) is 49.7 Å². The first kappa shape index (κ1) is 19.8. The lowest BCUT2D eigenvalue weighted by molar-refractivity contribution is 0.00174. The van der Waals surface area contributed by atoms with E-state index >= 15 is 0 Å². The standard InChI is InChI=1S/C17H22N4O4S/c1-10(20-15(24)11-6-4-3-5-7-11)14(23)13(22)8-19-16(25)12-9-26-17(18-2)21-12/h3-7,9-10,13-14,22-23H,8H2,1-2H3,(H,18,21)(H,19,25)(H,20,24). The fourth-order valence-electron chi connectivity index (χ4n) is 2.20. The van der Waals surface area contributed by atoms with E-state index in [-0.39, 0.29) is 18.1 Å². The number of carbonyl (C=O) groups is 2. The lowest BCUT2D eigenvalue weighted by Crippen LogP contribution is -2.50. The Hall–Kier alpha value is -2.49. The number of nitrogens with one attached hydrogen (secondary N) is 3. The van der Waals surface area contributed by atoms with Crippen molar-refractivity contribution in [3.8, 4) is 0 Å². The average Bonchev–Trinajstić information content (AvgIpc) is 3.15. The van der Waals surface area contributed by atoms with Crippen molar-refractivity contribution >= 4 is 28.3 Å². The smallest absolute Gasteiger partial charge is 0.270 e. The predicted octanol–water partition coefficient (Wildman–Crippen LogP) is 0.455. The maximum absolute atomic E-state index is 12.1. The molecule has 0 radical (unpaired) electrons. The van der Waals surface area contributed by atoms with Crippen LogP contribution in [0.3, 0.4) is 0 Å². The van der Waals surface area contributed by atoms with Crippen LogP contribution in [0.4, 0.5) is 5.13 Å². The second-order valence-corrected chi connectivity index (χ2v) is 6.54. The minimum absolute atomic E-state index is 0.169. The molecule has 0 aliphatic carbocycles. The fourth-order valence-corrected chi connectivity index (χ4v) is 2.85. The van der Waals surface area contributed by atoms with Crippen molar-refractivity contribution in [3.63, 3.8) is 0 Å². The topological polar surface area (TPSA) is 124 Å². The number of nitrogens with zero attached hydrogens (tertiary/aromatic N) is 1. The summed E-state index contributed by atoms with van der Waals surface area (Å²) in [5, 5.41) is 30.4. The Morgan fingerprint density at radius 3 is 2.50 bits per heavy atom. The molecule has 9 heteroatoms. The van der Waals surface area contributed by atoms with Crippen molar-refractivity contribution in [2.24, 2.45) is 0 Å². The molecular formula is C17H22N4O4S. The number of hydrogen-bond acceptors (Lipinski definition) is 7. The third-order valence-electron chi connectivity index (χ3n) is 3.72. The van der Waals surface area contributed by atoms with Crippen LogP contribution in [0, 0.1) is 0 Å². The minimum Gasteiger partial charge on any atom is -0.388 e. The molecule has 1 aromatic carbocycles. The molecule has 0 spiro atoms. The maximum atomic E-state index is 12.1. The highest BCUT2D eigenvalue weighted by molar-refractivity contribution is 7.13. The summed E-state index contributed by atoms with van der Waals surface area (Å²) in [4.78, 5) is 28.1. The Morgan fingerprint density at radius 2 is 1.88 bits per heavy atom. The van der Waals surface area contributed by atoms with Gasteiger partial charge in [-0.15, -0.1) is 11.3 Å². The first-order chi connectivity index (χ1) is 12.4. The van der Waals surface area contributed by atoms with Crippen LogP contribution < -0.4 is 16.0 Å². The summed E-state index contributed by atoms with van der Waals surface area (Å²) in [7, 11) is 1.70. The van der Waals surface area contributed by atoms with E-state index in [0.717, 1.165) is 0 Å². The minimum atomic E-state index is -1.24. The number of rotatable bonds is 8. The maximum Gasteiger partial charge on any atom is 0.270 e. The van der Waals surface area contributed by atoms with Crippen molar-refractivity contribution in [3.05, 3.63) is 47.0 Å². The van der Waals surface area contributed by atoms with Crippen LogP contribution in [0.1, 0.15) is 27.8 Å². The molecule has 3 atom stereocenters. The van der Waals surface area contributed by atoms with Crippen molar-refractivity contribution in [1.82, 2.24) is 15.6 Å². The van der Waals surface area contributed by atoms with E-state index in [4.69, 9.17) is 0 Å². The molecule has 0 saturated carbocycles. The van der Waals surface area contributed by atoms with Crippen molar-refractivity contribution in [2.75, 3.05) is 18.9 Å². The lowest BCUT2D eigenvalue weighted by Gasteiger charge is -2.25. The Kier molecular flexibility index (Phi) is 7.07. The lowest BCUT2D eigenvalue weighted by atomic mass is 10.1. The number of aliphatic hydroxyl groups is 2. The van der Waals surface area contributed by atoms with Gasteiger partial charge in [0.15, 0.2) is 5.13 Å². The number of hydrogen-bond donors (Lipinski definition) is 5. The highest BCUT2D eigenvalue weighted by Gasteiger charge is 2.25. The number of amides is 2. The summed E-state index contributed by atoms with van der Waals surface area (Å²) in [6, 6.07) is 7.86. The second kappa shape index (κ2) is 9.27. The fraction of sp³-hybridized carbons (Fsp3) is 0.353. The predicted molar refractivity (Wildman–Crippen MR) is 99.4 cm³/mol. The Balaban J connectivity index is 1.83. The van der Waals surface area contributed by atoms with E-state index in [1.165, 1.54) is 11.3 Å². The highest BCUT2D eigenvalue weighted by atomic mass is 32.1. The normalized spacial score (nSPS) is 14.2. The molecule has 26 heavy (non-hydrogen) atoms.